The fourth-order valence-electron chi connectivity index (χ4n) is 1.61. The highest BCUT2D eigenvalue weighted by molar-refractivity contribution is 7.85. The van der Waals surface area contributed by atoms with Crippen LogP contribution in [0.1, 0.15) is 22.8 Å². The number of hydrogen-bond acceptors (Lipinski definition) is 2. The molecule has 0 radical (unpaired) electrons. The molecule has 2 nitrogen and oxygen atoms in total. The summed E-state index contributed by atoms with van der Waals surface area (Å²) in [6.07, 6.45) is 0. The first-order valence-corrected chi connectivity index (χ1v) is 6.82. The van der Waals surface area contributed by atoms with Gasteiger partial charge in [0.15, 0.2) is 5.78 Å². The zero-order chi connectivity index (χ0) is 13.1. The maximum atomic E-state index is 12.3. The maximum absolute atomic E-state index is 12.3. The van der Waals surface area contributed by atoms with E-state index in [0.29, 0.717) is 10.5 Å². The normalized spacial score (nSPS) is 12.1. The highest BCUT2D eigenvalue weighted by Crippen LogP contribution is 2.17. The Balaban J connectivity index is 2.28. The second-order valence-electron chi connectivity index (χ2n) is 4.16. The minimum absolute atomic E-state index is 0.0164. The summed E-state index contributed by atoms with van der Waals surface area (Å²) in [4.78, 5) is 12.6. The van der Waals surface area contributed by atoms with Gasteiger partial charge in [-0.2, -0.15) is 0 Å². The number of benzene rings is 2. The summed E-state index contributed by atoms with van der Waals surface area (Å²) in [5.74, 6) is 0.0164. The fourth-order valence-corrected chi connectivity index (χ4v) is 2.65. The van der Waals surface area contributed by atoms with Crippen molar-refractivity contribution in [2.75, 3.05) is 0 Å². The maximum Gasteiger partial charge on any atom is 0.159 e. The van der Waals surface area contributed by atoms with E-state index in [9.17, 15) is 9.00 Å². The lowest BCUT2D eigenvalue weighted by atomic mass is 10.2. The van der Waals surface area contributed by atoms with Gasteiger partial charge in [-0.15, -0.1) is 0 Å². The summed E-state index contributed by atoms with van der Waals surface area (Å²) in [5.41, 5.74) is 1.78. The van der Waals surface area contributed by atoms with E-state index in [4.69, 9.17) is 0 Å². The van der Waals surface area contributed by atoms with Crippen LogP contribution < -0.4 is 0 Å². The smallest absolute Gasteiger partial charge is 0.159 e. The van der Waals surface area contributed by atoms with Crippen molar-refractivity contribution in [1.29, 1.82) is 0 Å². The molecule has 0 aliphatic carbocycles. The van der Waals surface area contributed by atoms with Crippen LogP contribution in [-0.4, -0.2) is 9.99 Å². The molecule has 0 heterocycles. The molecule has 0 aliphatic heterocycles. The van der Waals surface area contributed by atoms with Crippen LogP contribution in [0.5, 0.6) is 0 Å². The lowest BCUT2D eigenvalue weighted by Crippen LogP contribution is -1.95. The van der Waals surface area contributed by atoms with E-state index in [2.05, 4.69) is 0 Å². The number of ketones is 1. The molecule has 0 bridgehead atoms. The van der Waals surface area contributed by atoms with Crippen molar-refractivity contribution >= 4 is 16.6 Å². The largest absolute Gasteiger partial charge is 0.295 e. The number of aryl methyl sites for hydroxylation is 1. The second kappa shape index (κ2) is 5.27. The third-order valence-corrected chi connectivity index (χ3v) is 4.11. The number of carbonyl (C=O) groups excluding carboxylic acids is 1. The Hall–Kier alpha value is -1.74. The third kappa shape index (κ3) is 2.74. The summed E-state index contributed by atoms with van der Waals surface area (Å²) >= 11 is 0. The summed E-state index contributed by atoms with van der Waals surface area (Å²) in [5, 5.41) is 0. The van der Waals surface area contributed by atoms with Crippen molar-refractivity contribution in [1.82, 2.24) is 0 Å². The number of rotatable bonds is 3. The first-order valence-electron chi connectivity index (χ1n) is 5.67. The summed E-state index contributed by atoms with van der Waals surface area (Å²) in [6.45, 7) is 3.51. The van der Waals surface area contributed by atoms with Crippen LogP contribution in [0.2, 0.25) is 0 Å². The molecule has 0 fully saturated rings. The standard InChI is InChI=1S/C15H14O2S/c1-11-3-7-14(8-4-11)18(17)15-9-5-13(6-10-15)12(2)16/h3-10H,1-2H3. The molecule has 2 rings (SSSR count). The minimum Gasteiger partial charge on any atom is -0.295 e. The molecule has 0 amide bonds. The summed E-state index contributed by atoms with van der Waals surface area (Å²) in [6, 6.07) is 14.5. The van der Waals surface area contributed by atoms with Gasteiger partial charge in [0.25, 0.3) is 0 Å². The third-order valence-electron chi connectivity index (χ3n) is 2.71. The molecule has 1 atom stereocenters. The van der Waals surface area contributed by atoms with Crippen molar-refractivity contribution in [3.8, 4) is 0 Å². The molecule has 0 aliphatic rings. The first kappa shape index (κ1) is 12.7. The Kier molecular flexibility index (Phi) is 3.72. The molecule has 0 N–H and O–H groups in total. The second-order valence-corrected chi connectivity index (χ2v) is 5.64. The molecule has 18 heavy (non-hydrogen) atoms. The first-order chi connectivity index (χ1) is 8.58. The zero-order valence-corrected chi connectivity index (χ0v) is 11.2. The van der Waals surface area contributed by atoms with E-state index in [-0.39, 0.29) is 5.78 Å². The van der Waals surface area contributed by atoms with Crippen LogP contribution in [0.15, 0.2) is 58.3 Å². The van der Waals surface area contributed by atoms with E-state index in [1.165, 1.54) is 6.92 Å². The van der Waals surface area contributed by atoms with Crippen LogP contribution in [0, 0.1) is 6.92 Å². The molecule has 0 spiro atoms. The molecule has 2 aromatic rings. The molecular weight excluding hydrogens is 244 g/mol. The van der Waals surface area contributed by atoms with Gasteiger partial charge in [0, 0.05) is 15.4 Å². The Labute approximate surface area is 109 Å². The number of carbonyl (C=O) groups is 1. The predicted molar refractivity (Wildman–Crippen MR) is 72.3 cm³/mol. The lowest BCUT2D eigenvalue weighted by Gasteiger charge is -2.03. The quantitative estimate of drug-likeness (QED) is 0.791. The van der Waals surface area contributed by atoms with Gasteiger partial charge >= 0.3 is 0 Å². The highest BCUT2D eigenvalue weighted by atomic mass is 32.2. The molecule has 0 saturated heterocycles. The van der Waals surface area contributed by atoms with Crippen LogP contribution >= 0.6 is 0 Å². The van der Waals surface area contributed by atoms with Gasteiger partial charge in [-0.05, 0) is 38.1 Å². The SMILES string of the molecule is CC(=O)c1ccc(S(=O)c2ccc(C)cc2)cc1. The molecule has 3 heteroatoms. The van der Waals surface area contributed by atoms with Gasteiger partial charge in [-0.25, -0.2) is 4.21 Å². The summed E-state index contributed by atoms with van der Waals surface area (Å²) in [7, 11) is -1.19. The van der Waals surface area contributed by atoms with E-state index < -0.39 is 10.8 Å². The van der Waals surface area contributed by atoms with Gasteiger partial charge in [-0.3, -0.25) is 4.79 Å². The van der Waals surface area contributed by atoms with Crippen molar-refractivity contribution < 1.29 is 9.00 Å². The van der Waals surface area contributed by atoms with Crippen molar-refractivity contribution in [2.24, 2.45) is 0 Å². The molecule has 92 valence electrons. The van der Waals surface area contributed by atoms with Crippen LogP contribution in [0.3, 0.4) is 0 Å². The van der Waals surface area contributed by atoms with Gasteiger partial charge in [0.05, 0.1) is 10.8 Å². The molecule has 1 unspecified atom stereocenters. The van der Waals surface area contributed by atoms with Crippen LogP contribution in [0.25, 0.3) is 0 Å². The number of Topliss-reactive ketones (excluding diaryl/α,β-unsaturated/α-hetero) is 1. The van der Waals surface area contributed by atoms with Crippen LogP contribution in [0.4, 0.5) is 0 Å². The molecule has 0 aromatic heterocycles. The molecule has 2 aromatic carbocycles. The van der Waals surface area contributed by atoms with Crippen LogP contribution in [-0.2, 0) is 10.8 Å². The van der Waals surface area contributed by atoms with E-state index in [1.54, 1.807) is 24.3 Å². The van der Waals surface area contributed by atoms with Crippen molar-refractivity contribution in [2.45, 2.75) is 23.6 Å². The molecular formula is C15H14O2S. The lowest BCUT2D eigenvalue weighted by molar-refractivity contribution is 0.101. The van der Waals surface area contributed by atoms with E-state index >= 15 is 0 Å². The Morgan fingerprint density at radius 3 is 1.78 bits per heavy atom. The zero-order valence-electron chi connectivity index (χ0n) is 10.3. The van der Waals surface area contributed by atoms with E-state index in [1.807, 2.05) is 31.2 Å². The average molecular weight is 258 g/mol. The Morgan fingerprint density at radius 1 is 0.889 bits per heavy atom. The number of hydrogen-bond donors (Lipinski definition) is 0. The average Bonchev–Trinajstić information content (AvgIpc) is 2.39. The van der Waals surface area contributed by atoms with Gasteiger partial charge in [-0.1, -0.05) is 29.8 Å². The molecule has 0 saturated carbocycles. The topological polar surface area (TPSA) is 34.1 Å². The Bertz CT molecular complexity index is 583. The van der Waals surface area contributed by atoms with Crippen molar-refractivity contribution in [3.63, 3.8) is 0 Å². The van der Waals surface area contributed by atoms with Gasteiger partial charge in [0.2, 0.25) is 0 Å². The van der Waals surface area contributed by atoms with E-state index in [0.717, 1.165) is 10.5 Å². The van der Waals surface area contributed by atoms with Gasteiger partial charge in [0.1, 0.15) is 0 Å². The fraction of sp³-hybridized carbons (Fsp3) is 0.133. The highest BCUT2D eigenvalue weighted by Gasteiger charge is 2.07. The monoisotopic (exact) mass is 258 g/mol. The minimum atomic E-state index is -1.19. The Morgan fingerprint density at radius 2 is 1.33 bits per heavy atom. The summed E-state index contributed by atoms with van der Waals surface area (Å²) < 4.78 is 12.3. The predicted octanol–water partition coefficient (Wildman–Crippen LogP) is 3.36. The van der Waals surface area contributed by atoms with Gasteiger partial charge < -0.3 is 0 Å². The van der Waals surface area contributed by atoms with Crippen molar-refractivity contribution in [3.05, 3.63) is 59.7 Å².